The molecule has 0 aromatic heterocycles. The maximum atomic E-state index is 5.16. The Morgan fingerprint density at radius 2 is 1.46 bits per heavy atom. The van der Waals surface area contributed by atoms with Crippen molar-refractivity contribution in [3.05, 3.63) is 0 Å². The smallest absolute Gasteiger partial charge is 0.0462 e. The monoisotopic (exact) mass is 182 g/mol. The third-order valence-electron chi connectivity index (χ3n) is 2.17. The predicted octanol–water partition coefficient (Wildman–Crippen LogP) is 3.39. The zero-order valence-electron chi connectivity index (χ0n) is 8.85. The van der Waals surface area contributed by atoms with Crippen molar-refractivity contribution in [2.45, 2.75) is 51.4 Å². The molecule has 0 aliphatic rings. The van der Waals surface area contributed by atoms with Crippen LogP contribution in [0.4, 0.5) is 0 Å². The van der Waals surface area contributed by atoms with E-state index in [9.17, 15) is 0 Å². The molecule has 0 unspecified atom stereocenters. The summed E-state index contributed by atoms with van der Waals surface area (Å²) in [7, 11) is 1.76. The minimum Gasteiger partial charge on any atom is -0.385 e. The van der Waals surface area contributed by atoms with Gasteiger partial charge in [-0.15, -0.1) is 12.3 Å². The van der Waals surface area contributed by atoms with Crippen molar-refractivity contribution in [1.29, 1.82) is 0 Å². The van der Waals surface area contributed by atoms with Crippen molar-refractivity contribution in [1.82, 2.24) is 0 Å². The second-order valence-corrected chi connectivity index (χ2v) is 3.42. The minimum absolute atomic E-state index is 0.914. The summed E-state index contributed by atoms with van der Waals surface area (Å²) in [5, 5.41) is 0. The van der Waals surface area contributed by atoms with Gasteiger partial charge in [0.2, 0.25) is 0 Å². The van der Waals surface area contributed by atoms with Gasteiger partial charge < -0.3 is 4.74 Å². The number of unbranched alkanes of at least 4 members (excludes halogenated alkanes) is 7. The lowest BCUT2D eigenvalue weighted by Crippen LogP contribution is -1.88. The minimum atomic E-state index is 0.914. The number of ether oxygens (including phenoxy) is 1. The first-order chi connectivity index (χ1) is 6.41. The fourth-order valence-corrected chi connectivity index (χ4v) is 1.36. The Bertz CT molecular complexity index is 124. The van der Waals surface area contributed by atoms with Gasteiger partial charge in [0.15, 0.2) is 0 Å². The van der Waals surface area contributed by atoms with Crippen molar-refractivity contribution in [2.24, 2.45) is 0 Å². The van der Waals surface area contributed by atoms with Crippen LogP contribution in [-0.4, -0.2) is 13.7 Å². The standard InChI is InChI=1S/C12H22O/c1-3-4-5-6-7-8-9-10-11-12-13-2/h1H,4-12H2,2H3. The molecule has 0 saturated heterocycles. The molecule has 0 rings (SSSR count). The topological polar surface area (TPSA) is 9.23 Å². The van der Waals surface area contributed by atoms with Crippen LogP contribution in [0.1, 0.15) is 51.4 Å². The summed E-state index contributed by atoms with van der Waals surface area (Å²) in [6, 6.07) is 0. The molecule has 0 heterocycles. The van der Waals surface area contributed by atoms with Crippen molar-refractivity contribution >= 4 is 0 Å². The molecule has 1 nitrogen and oxygen atoms in total. The van der Waals surface area contributed by atoms with Crippen LogP contribution in [0.25, 0.3) is 0 Å². The van der Waals surface area contributed by atoms with Crippen LogP contribution in [0.2, 0.25) is 0 Å². The Balaban J connectivity index is 2.80. The predicted molar refractivity (Wildman–Crippen MR) is 57.6 cm³/mol. The molecule has 0 amide bonds. The van der Waals surface area contributed by atoms with Crippen LogP contribution in [0, 0.1) is 12.3 Å². The van der Waals surface area contributed by atoms with Crippen molar-refractivity contribution < 1.29 is 4.74 Å². The summed E-state index contributed by atoms with van der Waals surface area (Å²) in [5.41, 5.74) is 0. The molecule has 0 bridgehead atoms. The molecule has 0 atom stereocenters. The maximum Gasteiger partial charge on any atom is 0.0462 e. The molecule has 0 aliphatic carbocycles. The lowest BCUT2D eigenvalue weighted by molar-refractivity contribution is 0.192. The largest absolute Gasteiger partial charge is 0.385 e. The van der Waals surface area contributed by atoms with Crippen LogP contribution in [0.5, 0.6) is 0 Å². The van der Waals surface area contributed by atoms with Crippen LogP contribution >= 0.6 is 0 Å². The normalized spacial score (nSPS) is 9.85. The van der Waals surface area contributed by atoms with E-state index in [0.717, 1.165) is 13.0 Å². The van der Waals surface area contributed by atoms with E-state index >= 15 is 0 Å². The van der Waals surface area contributed by atoms with E-state index in [4.69, 9.17) is 11.2 Å². The molecular formula is C12H22O. The fourth-order valence-electron chi connectivity index (χ4n) is 1.36. The van der Waals surface area contributed by atoms with E-state index in [1.165, 1.54) is 44.9 Å². The Morgan fingerprint density at radius 3 is 2.00 bits per heavy atom. The summed E-state index contributed by atoms with van der Waals surface area (Å²) in [4.78, 5) is 0. The van der Waals surface area contributed by atoms with Crippen molar-refractivity contribution in [2.75, 3.05) is 13.7 Å². The van der Waals surface area contributed by atoms with Gasteiger partial charge in [0, 0.05) is 20.1 Å². The molecule has 1 heteroatoms. The van der Waals surface area contributed by atoms with Crippen molar-refractivity contribution in [3.63, 3.8) is 0 Å². The van der Waals surface area contributed by atoms with Gasteiger partial charge in [0.1, 0.15) is 0 Å². The van der Waals surface area contributed by atoms with Crippen molar-refractivity contribution in [3.8, 4) is 12.3 Å². The molecule has 0 aromatic rings. The highest BCUT2D eigenvalue weighted by Crippen LogP contribution is 2.07. The van der Waals surface area contributed by atoms with E-state index in [-0.39, 0.29) is 0 Å². The Kier molecular flexibility index (Phi) is 11.1. The second-order valence-electron chi connectivity index (χ2n) is 3.42. The molecule has 0 saturated carbocycles. The summed E-state index contributed by atoms with van der Waals surface area (Å²) >= 11 is 0. The SMILES string of the molecule is C#CCCCCCCCCCOC. The first-order valence-corrected chi connectivity index (χ1v) is 5.34. The molecule has 0 N–H and O–H groups in total. The highest BCUT2D eigenvalue weighted by Gasteiger charge is 1.90. The first kappa shape index (κ1) is 12.5. The fraction of sp³-hybridized carbons (Fsp3) is 0.833. The van der Waals surface area contributed by atoms with Gasteiger partial charge >= 0.3 is 0 Å². The highest BCUT2D eigenvalue weighted by molar-refractivity contribution is 4.82. The first-order valence-electron chi connectivity index (χ1n) is 5.34. The zero-order valence-corrected chi connectivity index (χ0v) is 8.85. The Labute approximate surface area is 82.9 Å². The Morgan fingerprint density at radius 1 is 0.923 bits per heavy atom. The number of hydrogen-bond donors (Lipinski definition) is 0. The van der Waals surface area contributed by atoms with Gasteiger partial charge in [0.25, 0.3) is 0 Å². The molecular weight excluding hydrogens is 160 g/mol. The molecule has 0 fully saturated rings. The van der Waals surface area contributed by atoms with Gasteiger partial charge in [-0.3, -0.25) is 0 Å². The molecule has 0 aliphatic heterocycles. The average Bonchev–Trinajstić information content (AvgIpc) is 2.16. The van der Waals surface area contributed by atoms with E-state index in [1.54, 1.807) is 7.11 Å². The van der Waals surface area contributed by atoms with E-state index in [1.807, 2.05) is 0 Å². The molecule has 13 heavy (non-hydrogen) atoms. The number of methoxy groups -OCH3 is 1. The van der Waals surface area contributed by atoms with Crippen LogP contribution in [0.3, 0.4) is 0 Å². The van der Waals surface area contributed by atoms with E-state index < -0.39 is 0 Å². The lowest BCUT2D eigenvalue weighted by Gasteiger charge is -2.00. The van der Waals surface area contributed by atoms with Gasteiger partial charge in [-0.1, -0.05) is 32.1 Å². The number of rotatable bonds is 9. The molecule has 0 radical (unpaired) electrons. The molecule has 0 spiro atoms. The summed E-state index contributed by atoms with van der Waals surface area (Å²) in [6.07, 6.45) is 15.2. The Hall–Kier alpha value is -0.480. The highest BCUT2D eigenvalue weighted by atomic mass is 16.5. The van der Waals surface area contributed by atoms with Crippen LogP contribution < -0.4 is 0 Å². The summed E-state index contributed by atoms with van der Waals surface area (Å²) < 4.78 is 4.98. The average molecular weight is 182 g/mol. The van der Waals surface area contributed by atoms with Crippen LogP contribution in [0.15, 0.2) is 0 Å². The molecule has 76 valence electrons. The third-order valence-corrected chi connectivity index (χ3v) is 2.17. The van der Waals surface area contributed by atoms with E-state index in [2.05, 4.69) is 5.92 Å². The number of terminal acetylenes is 1. The molecule has 0 aromatic carbocycles. The second kappa shape index (κ2) is 11.5. The van der Waals surface area contributed by atoms with Gasteiger partial charge in [-0.25, -0.2) is 0 Å². The third kappa shape index (κ3) is 11.5. The summed E-state index contributed by atoms with van der Waals surface area (Å²) in [6.45, 7) is 0.914. The lowest BCUT2D eigenvalue weighted by atomic mass is 10.1. The van der Waals surface area contributed by atoms with Gasteiger partial charge in [-0.2, -0.15) is 0 Å². The van der Waals surface area contributed by atoms with Crippen LogP contribution in [-0.2, 0) is 4.74 Å². The zero-order chi connectivity index (χ0) is 9.78. The quantitative estimate of drug-likeness (QED) is 0.392. The summed E-state index contributed by atoms with van der Waals surface area (Å²) in [5.74, 6) is 2.67. The number of hydrogen-bond acceptors (Lipinski definition) is 1. The van der Waals surface area contributed by atoms with E-state index in [0.29, 0.717) is 0 Å². The maximum absolute atomic E-state index is 5.16. The van der Waals surface area contributed by atoms with Gasteiger partial charge in [-0.05, 0) is 12.8 Å². The van der Waals surface area contributed by atoms with Gasteiger partial charge in [0.05, 0.1) is 0 Å².